The monoisotopic (exact) mass is 237 g/mol. The Kier molecular flexibility index (Phi) is 6.78. The van der Waals surface area contributed by atoms with Gasteiger partial charge in [0.1, 0.15) is 0 Å². The summed E-state index contributed by atoms with van der Waals surface area (Å²) < 4.78 is 0. The highest BCUT2D eigenvalue weighted by atomic mass is 15.3. The summed E-state index contributed by atoms with van der Waals surface area (Å²) in [5.41, 5.74) is 5.90. The highest BCUT2D eigenvalue weighted by molar-refractivity contribution is 4.95. The predicted octanol–water partition coefficient (Wildman–Crippen LogP) is 2.91. The van der Waals surface area contributed by atoms with E-state index in [4.69, 9.17) is 5.73 Å². The molecule has 3 N–H and O–H groups in total. The number of unbranched alkanes of at least 4 members (excludes halogenated alkanes) is 3. The van der Waals surface area contributed by atoms with Crippen molar-refractivity contribution in [1.82, 2.24) is 10.2 Å². The molecule has 0 bridgehead atoms. The number of nitrogens with two attached hydrogens (primary N) is 1. The molecule has 98 valence electrons. The van der Waals surface area contributed by atoms with Gasteiger partial charge in [0.25, 0.3) is 0 Å². The SMILES string of the molecule is CC/C=C/CCCCCC1NC=CN1C(C)N. The maximum Gasteiger partial charge on any atom is 0.0995 e. The van der Waals surface area contributed by atoms with Gasteiger partial charge in [-0.05, 0) is 39.0 Å². The maximum absolute atomic E-state index is 5.90. The van der Waals surface area contributed by atoms with E-state index in [2.05, 4.69) is 35.5 Å². The molecule has 1 heterocycles. The molecule has 0 saturated carbocycles. The van der Waals surface area contributed by atoms with Gasteiger partial charge in [-0.25, -0.2) is 0 Å². The number of hydrogen-bond acceptors (Lipinski definition) is 3. The fourth-order valence-corrected chi connectivity index (χ4v) is 2.14. The summed E-state index contributed by atoms with van der Waals surface area (Å²) in [6, 6.07) is 0. The van der Waals surface area contributed by atoms with Crippen LogP contribution in [-0.4, -0.2) is 17.2 Å². The van der Waals surface area contributed by atoms with E-state index in [0.29, 0.717) is 6.17 Å². The predicted molar refractivity (Wildman–Crippen MR) is 74.1 cm³/mol. The molecule has 0 aromatic rings. The Morgan fingerprint density at radius 2 is 2.18 bits per heavy atom. The molecule has 0 aromatic carbocycles. The number of hydrogen-bond donors (Lipinski definition) is 2. The van der Waals surface area contributed by atoms with Crippen LogP contribution in [0.25, 0.3) is 0 Å². The van der Waals surface area contributed by atoms with Crippen molar-refractivity contribution in [3.8, 4) is 0 Å². The van der Waals surface area contributed by atoms with Crippen molar-refractivity contribution in [3.63, 3.8) is 0 Å². The number of nitrogens with zero attached hydrogens (tertiary/aromatic N) is 1. The summed E-state index contributed by atoms with van der Waals surface area (Å²) in [6.07, 6.45) is 16.5. The van der Waals surface area contributed by atoms with Crippen LogP contribution in [0.2, 0.25) is 0 Å². The van der Waals surface area contributed by atoms with E-state index in [1.807, 2.05) is 13.1 Å². The molecular formula is C14H27N3. The second-order valence-corrected chi connectivity index (χ2v) is 4.70. The molecule has 0 saturated heterocycles. The lowest BCUT2D eigenvalue weighted by atomic mass is 10.1. The zero-order valence-corrected chi connectivity index (χ0v) is 11.2. The molecule has 1 rings (SSSR count). The Balaban J connectivity index is 2.05. The largest absolute Gasteiger partial charge is 0.370 e. The lowest BCUT2D eigenvalue weighted by Crippen LogP contribution is -2.44. The minimum atomic E-state index is 0.0961. The first kappa shape index (κ1) is 14.1. The van der Waals surface area contributed by atoms with Gasteiger partial charge in [0.15, 0.2) is 0 Å². The van der Waals surface area contributed by atoms with E-state index in [1.165, 1.54) is 32.1 Å². The molecule has 0 aromatic heterocycles. The lowest BCUT2D eigenvalue weighted by Gasteiger charge is -2.28. The Morgan fingerprint density at radius 1 is 1.35 bits per heavy atom. The number of allylic oxidation sites excluding steroid dienone is 2. The minimum absolute atomic E-state index is 0.0961. The third kappa shape index (κ3) is 5.26. The Labute approximate surface area is 106 Å². The van der Waals surface area contributed by atoms with Crippen molar-refractivity contribution >= 4 is 0 Å². The molecule has 0 aliphatic carbocycles. The third-order valence-electron chi connectivity index (χ3n) is 3.12. The zero-order valence-electron chi connectivity index (χ0n) is 11.2. The van der Waals surface area contributed by atoms with Gasteiger partial charge in [0, 0.05) is 12.4 Å². The second-order valence-electron chi connectivity index (χ2n) is 4.70. The molecule has 2 atom stereocenters. The normalized spacial score (nSPS) is 21.1. The summed E-state index contributed by atoms with van der Waals surface area (Å²) in [5.74, 6) is 0. The smallest absolute Gasteiger partial charge is 0.0995 e. The van der Waals surface area contributed by atoms with Gasteiger partial charge >= 0.3 is 0 Å². The molecule has 1 aliphatic heterocycles. The van der Waals surface area contributed by atoms with Gasteiger partial charge in [-0.15, -0.1) is 0 Å². The maximum atomic E-state index is 5.90. The van der Waals surface area contributed by atoms with E-state index in [-0.39, 0.29) is 6.17 Å². The Hall–Kier alpha value is -0.960. The van der Waals surface area contributed by atoms with Gasteiger partial charge < -0.3 is 16.0 Å². The van der Waals surface area contributed by atoms with Crippen molar-refractivity contribution in [2.45, 2.75) is 64.7 Å². The summed E-state index contributed by atoms with van der Waals surface area (Å²) in [4.78, 5) is 2.19. The first-order valence-electron chi connectivity index (χ1n) is 6.86. The van der Waals surface area contributed by atoms with Crippen molar-refractivity contribution in [3.05, 3.63) is 24.6 Å². The highest BCUT2D eigenvalue weighted by Crippen LogP contribution is 2.14. The van der Waals surface area contributed by atoms with Crippen LogP contribution in [0.3, 0.4) is 0 Å². The van der Waals surface area contributed by atoms with E-state index < -0.39 is 0 Å². The summed E-state index contributed by atoms with van der Waals surface area (Å²) in [7, 11) is 0. The van der Waals surface area contributed by atoms with Crippen LogP contribution in [-0.2, 0) is 0 Å². The summed E-state index contributed by atoms with van der Waals surface area (Å²) >= 11 is 0. The second kappa shape index (κ2) is 8.18. The van der Waals surface area contributed by atoms with E-state index in [0.717, 1.165) is 6.42 Å². The Bertz CT molecular complexity index is 246. The quantitative estimate of drug-likeness (QED) is 0.504. The Morgan fingerprint density at radius 3 is 2.88 bits per heavy atom. The molecule has 3 nitrogen and oxygen atoms in total. The van der Waals surface area contributed by atoms with Gasteiger partial charge in [0.05, 0.1) is 12.3 Å². The van der Waals surface area contributed by atoms with E-state index in [9.17, 15) is 0 Å². The standard InChI is InChI=1S/C14H27N3/c1-3-4-5-6-7-8-9-10-14-16-11-12-17(14)13(2)15/h4-5,11-14,16H,3,6-10,15H2,1-2H3/b5-4+. The van der Waals surface area contributed by atoms with Crippen molar-refractivity contribution in [2.75, 3.05) is 0 Å². The van der Waals surface area contributed by atoms with Gasteiger partial charge in [0.2, 0.25) is 0 Å². The van der Waals surface area contributed by atoms with Gasteiger partial charge in [-0.1, -0.05) is 25.5 Å². The van der Waals surface area contributed by atoms with Crippen molar-refractivity contribution < 1.29 is 0 Å². The molecule has 0 fully saturated rings. The van der Waals surface area contributed by atoms with Gasteiger partial charge in [-0.3, -0.25) is 0 Å². The average Bonchev–Trinajstić information content (AvgIpc) is 2.76. The zero-order chi connectivity index (χ0) is 12.5. The van der Waals surface area contributed by atoms with Crippen LogP contribution >= 0.6 is 0 Å². The van der Waals surface area contributed by atoms with Crippen LogP contribution in [0.4, 0.5) is 0 Å². The van der Waals surface area contributed by atoms with Crippen LogP contribution < -0.4 is 11.1 Å². The molecule has 17 heavy (non-hydrogen) atoms. The fraction of sp³-hybridized carbons (Fsp3) is 0.714. The molecular weight excluding hydrogens is 210 g/mol. The number of nitrogens with one attached hydrogen (secondary N) is 1. The molecule has 0 spiro atoms. The first-order valence-corrected chi connectivity index (χ1v) is 6.86. The first-order chi connectivity index (χ1) is 8.25. The highest BCUT2D eigenvalue weighted by Gasteiger charge is 2.20. The van der Waals surface area contributed by atoms with Crippen LogP contribution in [0.1, 0.15) is 52.4 Å². The van der Waals surface area contributed by atoms with Crippen LogP contribution in [0.5, 0.6) is 0 Å². The molecule has 3 heteroatoms. The molecule has 1 aliphatic rings. The van der Waals surface area contributed by atoms with E-state index >= 15 is 0 Å². The summed E-state index contributed by atoms with van der Waals surface area (Å²) in [6.45, 7) is 4.21. The molecule has 0 radical (unpaired) electrons. The number of rotatable bonds is 8. The van der Waals surface area contributed by atoms with Crippen molar-refractivity contribution in [1.29, 1.82) is 0 Å². The topological polar surface area (TPSA) is 41.3 Å². The third-order valence-corrected chi connectivity index (χ3v) is 3.12. The van der Waals surface area contributed by atoms with E-state index in [1.54, 1.807) is 0 Å². The lowest BCUT2D eigenvalue weighted by molar-refractivity contribution is 0.208. The molecule has 2 unspecified atom stereocenters. The summed E-state index contributed by atoms with van der Waals surface area (Å²) in [5, 5.41) is 3.35. The molecule has 0 amide bonds. The fourth-order valence-electron chi connectivity index (χ4n) is 2.14. The van der Waals surface area contributed by atoms with Gasteiger partial charge in [-0.2, -0.15) is 0 Å². The van der Waals surface area contributed by atoms with Crippen molar-refractivity contribution in [2.24, 2.45) is 5.73 Å². The van der Waals surface area contributed by atoms with Crippen LogP contribution in [0.15, 0.2) is 24.6 Å². The minimum Gasteiger partial charge on any atom is -0.370 e. The average molecular weight is 237 g/mol. The van der Waals surface area contributed by atoms with Crippen LogP contribution in [0, 0.1) is 0 Å².